The second-order valence-corrected chi connectivity index (χ2v) is 6.87. The van der Waals surface area contributed by atoms with Crippen LogP contribution in [0.3, 0.4) is 0 Å². The van der Waals surface area contributed by atoms with E-state index in [2.05, 4.69) is 58.3 Å². The fourth-order valence-corrected chi connectivity index (χ4v) is 3.16. The first-order valence-electron chi connectivity index (χ1n) is 9.00. The predicted octanol–water partition coefficient (Wildman–Crippen LogP) is 4.00. The normalized spacial score (nSPS) is 11.0. The van der Waals surface area contributed by atoms with E-state index in [-0.39, 0.29) is 24.0 Å². The smallest absolute Gasteiger partial charge is 0.191 e. The third kappa shape index (κ3) is 8.94. The Morgan fingerprint density at radius 3 is 2.74 bits per heavy atom. The molecule has 1 aromatic heterocycles. The molecule has 0 saturated heterocycles. The number of guanidine groups is 1. The van der Waals surface area contributed by atoms with Crippen LogP contribution in [-0.4, -0.2) is 39.4 Å². The maximum Gasteiger partial charge on any atom is 0.191 e. The van der Waals surface area contributed by atoms with E-state index in [0.29, 0.717) is 26.4 Å². The summed E-state index contributed by atoms with van der Waals surface area (Å²) >= 11 is 1.78. The summed E-state index contributed by atoms with van der Waals surface area (Å²) in [6.45, 7) is 7.42. The Hall–Kier alpha value is -1.32. The highest BCUT2D eigenvalue weighted by atomic mass is 127. The van der Waals surface area contributed by atoms with Crippen molar-refractivity contribution in [3.63, 3.8) is 0 Å². The number of aliphatic imine (C=N–C) groups is 1. The van der Waals surface area contributed by atoms with Gasteiger partial charge in [0.2, 0.25) is 0 Å². The molecule has 1 aromatic carbocycles. The number of thiophene rings is 1. The Balaban J connectivity index is 0.00000364. The van der Waals surface area contributed by atoms with Gasteiger partial charge in [-0.2, -0.15) is 0 Å². The van der Waals surface area contributed by atoms with Crippen LogP contribution in [0, 0.1) is 6.92 Å². The molecule has 27 heavy (non-hydrogen) atoms. The van der Waals surface area contributed by atoms with Crippen LogP contribution in [0.5, 0.6) is 5.75 Å². The number of halogens is 1. The largest absolute Gasteiger partial charge is 0.491 e. The SMILES string of the molecule is CCOCCOc1cc(C)ccc1CNC(=NC)NCCc1cccs1.I. The third-order valence-electron chi connectivity index (χ3n) is 3.83. The van der Waals surface area contributed by atoms with Gasteiger partial charge in [-0.15, -0.1) is 35.3 Å². The van der Waals surface area contributed by atoms with Gasteiger partial charge in [-0.3, -0.25) is 4.99 Å². The first-order chi connectivity index (χ1) is 12.7. The molecule has 2 rings (SSSR count). The fourth-order valence-electron chi connectivity index (χ4n) is 2.46. The number of aryl methyl sites for hydroxylation is 1. The van der Waals surface area contributed by atoms with Crippen molar-refractivity contribution in [2.45, 2.75) is 26.8 Å². The van der Waals surface area contributed by atoms with Crippen molar-refractivity contribution in [3.8, 4) is 5.75 Å². The van der Waals surface area contributed by atoms with E-state index in [1.54, 1.807) is 18.4 Å². The lowest BCUT2D eigenvalue weighted by Gasteiger charge is -2.15. The Kier molecular flexibility index (Phi) is 12.1. The molecular formula is C20H30IN3O2S. The van der Waals surface area contributed by atoms with Gasteiger partial charge in [0.25, 0.3) is 0 Å². The highest BCUT2D eigenvalue weighted by Crippen LogP contribution is 2.20. The minimum atomic E-state index is 0. The van der Waals surface area contributed by atoms with Crippen LogP contribution >= 0.6 is 35.3 Å². The molecule has 0 fully saturated rings. The molecule has 5 nitrogen and oxygen atoms in total. The highest BCUT2D eigenvalue weighted by molar-refractivity contribution is 14.0. The number of rotatable bonds is 10. The van der Waals surface area contributed by atoms with E-state index in [1.165, 1.54) is 10.4 Å². The van der Waals surface area contributed by atoms with Crippen LogP contribution in [0.4, 0.5) is 0 Å². The van der Waals surface area contributed by atoms with Gasteiger partial charge in [0, 0.05) is 37.2 Å². The standard InChI is InChI=1S/C20H29N3O2S.HI/c1-4-24-11-12-25-19-14-16(2)7-8-17(19)15-23-20(21-3)22-10-9-18-6-5-13-26-18;/h5-8,13-14H,4,9-12,15H2,1-3H3,(H2,21,22,23);1H. The van der Waals surface area contributed by atoms with Crippen LogP contribution < -0.4 is 15.4 Å². The second kappa shape index (κ2) is 13.8. The quantitative estimate of drug-likeness (QED) is 0.223. The van der Waals surface area contributed by atoms with Crippen LogP contribution in [0.1, 0.15) is 22.9 Å². The Bertz CT molecular complexity index is 678. The summed E-state index contributed by atoms with van der Waals surface area (Å²) < 4.78 is 11.2. The first kappa shape index (κ1) is 23.7. The van der Waals surface area contributed by atoms with Crippen LogP contribution in [-0.2, 0) is 17.7 Å². The summed E-state index contributed by atoms with van der Waals surface area (Å²) in [7, 11) is 1.79. The third-order valence-corrected chi connectivity index (χ3v) is 4.76. The minimum Gasteiger partial charge on any atom is -0.491 e. The van der Waals surface area contributed by atoms with Gasteiger partial charge in [0.15, 0.2) is 5.96 Å². The number of hydrogen-bond acceptors (Lipinski definition) is 4. The van der Waals surface area contributed by atoms with Gasteiger partial charge < -0.3 is 20.1 Å². The molecule has 2 N–H and O–H groups in total. The molecule has 7 heteroatoms. The average Bonchev–Trinajstić information content (AvgIpc) is 3.16. The first-order valence-corrected chi connectivity index (χ1v) is 9.88. The van der Waals surface area contributed by atoms with Crippen molar-refractivity contribution in [2.75, 3.05) is 33.4 Å². The zero-order valence-electron chi connectivity index (χ0n) is 16.3. The van der Waals surface area contributed by atoms with Crippen molar-refractivity contribution in [1.82, 2.24) is 10.6 Å². The van der Waals surface area contributed by atoms with E-state index in [0.717, 1.165) is 30.2 Å². The van der Waals surface area contributed by atoms with E-state index < -0.39 is 0 Å². The number of hydrogen-bond donors (Lipinski definition) is 2. The molecule has 0 amide bonds. The number of benzene rings is 1. The Labute approximate surface area is 183 Å². The predicted molar refractivity (Wildman–Crippen MR) is 125 cm³/mol. The minimum absolute atomic E-state index is 0. The summed E-state index contributed by atoms with van der Waals surface area (Å²) in [4.78, 5) is 5.66. The molecule has 1 heterocycles. The van der Waals surface area contributed by atoms with Gasteiger partial charge in [-0.1, -0.05) is 18.2 Å². The summed E-state index contributed by atoms with van der Waals surface area (Å²) in [5.74, 6) is 1.69. The monoisotopic (exact) mass is 503 g/mol. The van der Waals surface area contributed by atoms with Gasteiger partial charge in [0.05, 0.1) is 6.61 Å². The molecule has 0 aliphatic heterocycles. The highest BCUT2D eigenvalue weighted by Gasteiger charge is 2.06. The average molecular weight is 503 g/mol. The molecule has 0 spiro atoms. The van der Waals surface area contributed by atoms with Crippen LogP contribution in [0.2, 0.25) is 0 Å². The van der Waals surface area contributed by atoms with Gasteiger partial charge in [-0.05, 0) is 43.3 Å². The van der Waals surface area contributed by atoms with Gasteiger partial charge in [-0.25, -0.2) is 0 Å². The van der Waals surface area contributed by atoms with E-state index in [9.17, 15) is 0 Å². The van der Waals surface area contributed by atoms with Crippen molar-refractivity contribution in [1.29, 1.82) is 0 Å². The van der Waals surface area contributed by atoms with Crippen molar-refractivity contribution in [3.05, 3.63) is 51.7 Å². The number of ether oxygens (including phenoxy) is 2. The zero-order chi connectivity index (χ0) is 18.6. The molecular weight excluding hydrogens is 473 g/mol. The summed E-state index contributed by atoms with van der Waals surface area (Å²) in [6.07, 6.45) is 0.995. The van der Waals surface area contributed by atoms with E-state index >= 15 is 0 Å². The zero-order valence-corrected chi connectivity index (χ0v) is 19.4. The summed E-state index contributed by atoms with van der Waals surface area (Å²) in [5.41, 5.74) is 2.28. The molecule has 0 radical (unpaired) electrons. The Morgan fingerprint density at radius 1 is 1.19 bits per heavy atom. The fraction of sp³-hybridized carbons (Fsp3) is 0.450. The van der Waals surface area contributed by atoms with Crippen molar-refractivity contribution >= 4 is 41.3 Å². The molecule has 0 bridgehead atoms. The number of nitrogens with zero attached hydrogens (tertiary/aromatic N) is 1. The maximum absolute atomic E-state index is 5.89. The second-order valence-electron chi connectivity index (χ2n) is 5.84. The lowest BCUT2D eigenvalue weighted by atomic mass is 10.1. The van der Waals surface area contributed by atoms with E-state index in [1.807, 2.05) is 6.92 Å². The summed E-state index contributed by atoms with van der Waals surface area (Å²) in [6, 6.07) is 10.5. The maximum atomic E-state index is 5.89. The van der Waals surface area contributed by atoms with Crippen LogP contribution in [0.25, 0.3) is 0 Å². The molecule has 0 aliphatic rings. The van der Waals surface area contributed by atoms with Gasteiger partial charge >= 0.3 is 0 Å². The topological polar surface area (TPSA) is 54.9 Å². The molecule has 0 unspecified atom stereocenters. The number of nitrogens with one attached hydrogen (secondary N) is 2. The molecule has 0 atom stereocenters. The Morgan fingerprint density at radius 2 is 2.04 bits per heavy atom. The van der Waals surface area contributed by atoms with E-state index in [4.69, 9.17) is 9.47 Å². The summed E-state index contributed by atoms with van der Waals surface area (Å²) in [5, 5.41) is 8.82. The lowest BCUT2D eigenvalue weighted by Crippen LogP contribution is -2.37. The van der Waals surface area contributed by atoms with Gasteiger partial charge in [0.1, 0.15) is 12.4 Å². The van der Waals surface area contributed by atoms with Crippen molar-refractivity contribution < 1.29 is 9.47 Å². The van der Waals surface area contributed by atoms with Crippen LogP contribution in [0.15, 0.2) is 40.7 Å². The molecule has 2 aromatic rings. The van der Waals surface area contributed by atoms with Crippen molar-refractivity contribution in [2.24, 2.45) is 4.99 Å². The molecule has 150 valence electrons. The molecule has 0 saturated carbocycles. The molecule has 0 aliphatic carbocycles. The lowest BCUT2D eigenvalue weighted by molar-refractivity contribution is 0.110.